The van der Waals surface area contributed by atoms with Gasteiger partial charge in [0.1, 0.15) is 0 Å². The summed E-state index contributed by atoms with van der Waals surface area (Å²) in [5.74, 6) is 0. The molecule has 7 heavy (non-hydrogen) atoms. The van der Waals surface area contributed by atoms with E-state index in [4.69, 9.17) is 0 Å². The lowest BCUT2D eigenvalue weighted by Crippen LogP contribution is -1.70. The highest BCUT2D eigenvalue weighted by atomic mass is 14.0. The van der Waals surface area contributed by atoms with Crippen molar-refractivity contribution in [2.24, 2.45) is 0 Å². The van der Waals surface area contributed by atoms with Gasteiger partial charge in [-0.3, -0.25) is 0 Å². The highest BCUT2D eigenvalue weighted by Gasteiger charge is 1.99. The van der Waals surface area contributed by atoms with E-state index in [1.54, 1.807) is 5.57 Å². The van der Waals surface area contributed by atoms with Gasteiger partial charge in [0.2, 0.25) is 0 Å². The average molecular weight is 95.2 g/mol. The smallest absolute Gasteiger partial charge is 0.0135 e. The molecule has 0 bridgehead atoms. The van der Waals surface area contributed by atoms with Crippen LogP contribution in [0.15, 0.2) is 11.6 Å². The van der Waals surface area contributed by atoms with Crippen molar-refractivity contribution in [2.45, 2.75) is 26.2 Å². The molecular weight excluding hydrogens is 84.1 g/mol. The molecular formula is C7H11. The fourth-order valence-electron chi connectivity index (χ4n) is 0.909. The van der Waals surface area contributed by atoms with Crippen molar-refractivity contribution >= 4 is 0 Å². The summed E-state index contributed by atoms with van der Waals surface area (Å²) in [5, 5.41) is 0. The normalized spacial score (nSPS) is 19.9. The third kappa shape index (κ3) is 1.05. The van der Waals surface area contributed by atoms with Gasteiger partial charge in [0.05, 0.1) is 0 Å². The first-order chi connectivity index (χ1) is 3.43. The molecule has 0 spiro atoms. The molecule has 1 aliphatic rings. The molecule has 0 heterocycles. The molecule has 0 unspecified atom stereocenters. The molecule has 0 saturated heterocycles. The van der Waals surface area contributed by atoms with E-state index in [9.17, 15) is 0 Å². The summed E-state index contributed by atoms with van der Waals surface area (Å²) in [7, 11) is 0. The highest BCUT2D eigenvalue weighted by Crippen LogP contribution is 2.18. The Kier molecular flexibility index (Phi) is 1.50. The Labute approximate surface area is 45.2 Å². The van der Waals surface area contributed by atoms with E-state index in [-0.39, 0.29) is 0 Å². The number of allylic oxidation sites excluding steroid dienone is 2. The van der Waals surface area contributed by atoms with Crippen LogP contribution in [0.3, 0.4) is 0 Å². The first kappa shape index (κ1) is 4.89. The standard InChI is InChI=1S/C7H11/c1-2-7-5-3-4-6-7/h5-6H,2-4H2,1H3. The van der Waals surface area contributed by atoms with Crippen LogP contribution in [0.25, 0.3) is 0 Å². The lowest BCUT2D eigenvalue weighted by Gasteiger charge is -1.88. The zero-order valence-corrected chi connectivity index (χ0v) is 4.78. The monoisotopic (exact) mass is 95.1 g/mol. The van der Waals surface area contributed by atoms with Gasteiger partial charge in [0, 0.05) is 0 Å². The van der Waals surface area contributed by atoms with E-state index in [2.05, 4.69) is 19.4 Å². The Hall–Kier alpha value is -0.260. The molecule has 0 atom stereocenters. The second kappa shape index (κ2) is 2.15. The van der Waals surface area contributed by atoms with Gasteiger partial charge in [-0.05, 0) is 25.7 Å². The lowest BCUT2D eigenvalue weighted by atomic mass is 10.2. The molecule has 0 aromatic rings. The van der Waals surface area contributed by atoms with Crippen LogP contribution >= 0.6 is 0 Å². The molecule has 0 amide bonds. The van der Waals surface area contributed by atoms with Crippen LogP contribution in [0, 0.1) is 6.42 Å². The van der Waals surface area contributed by atoms with Gasteiger partial charge in [0.15, 0.2) is 0 Å². The zero-order chi connectivity index (χ0) is 5.11. The highest BCUT2D eigenvalue weighted by molar-refractivity contribution is 5.17. The molecule has 0 aliphatic heterocycles. The molecule has 39 valence electrons. The molecule has 1 radical (unpaired) electrons. The fraction of sp³-hybridized carbons (Fsp3) is 0.571. The number of hydrogen-bond donors (Lipinski definition) is 0. The minimum atomic E-state index is 1.22. The molecule has 0 nitrogen and oxygen atoms in total. The van der Waals surface area contributed by atoms with Crippen LogP contribution in [0.2, 0.25) is 0 Å². The van der Waals surface area contributed by atoms with Crippen LogP contribution in [0.1, 0.15) is 26.2 Å². The van der Waals surface area contributed by atoms with Gasteiger partial charge >= 0.3 is 0 Å². The first-order valence-electron chi connectivity index (χ1n) is 2.95. The van der Waals surface area contributed by atoms with Crippen molar-refractivity contribution in [3.8, 4) is 0 Å². The van der Waals surface area contributed by atoms with Gasteiger partial charge in [-0.15, -0.1) is 0 Å². The molecule has 1 rings (SSSR count). The van der Waals surface area contributed by atoms with E-state index >= 15 is 0 Å². The summed E-state index contributed by atoms with van der Waals surface area (Å²) in [6, 6.07) is 0. The summed E-state index contributed by atoms with van der Waals surface area (Å²) in [6.45, 7) is 2.20. The Bertz CT molecular complexity index is 80.0. The minimum Gasteiger partial charge on any atom is -0.0850 e. The van der Waals surface area contributed by atoms with Crippen molar-refractivity contribution in [1.82, 2.24) is 0 Å². The maximum atomic E-state index is 2.32. The van der Waals surface area contributed by atoms with Crippen LogP contribution in [0.5, 0.6) is 0 Å². The summed E-state index contributed by atoms with van der Waals surface area (Å²) in [5.41, 5.74) is 1.54. The van der Waals surface area contributed by atoms with E-state index in [0.717, 1.165) is 0 Å². The van der Waals surface area contributed by atoms with E-state index in [1.165, 1.54) is 19.3 Å². The van der Waals surface area contributed by atoms with E-state index < -0.39 is 0 Å². The summed E-state index contributed by atoms with van der Waals surface area (Å²) in [4.78, 5) is 0. The third-order valence-corrected chi connectivity index (χ3v) is 1.39. The van der Waals surface area contributed by atoms with Crippen molar-refractivity contribution in [3.05, 3.63) is 18.1 Å². The third-order valence-electron chi connectivity index (χ3n) is 1.39. The lowest BCUT2D eigenvalue weighted by molar-refractivity contribution is 1.04. The number of hydrogen-bond acceptors (Lipinski definition) is 0. The maximum Gasteiger partial charge on any atom is -0.0135 e. The predicted molar refractivity (Wildman–Crippen MR) is 31.9 cm³/mol. The Morgan fingerprint density at radius 1 is 1.57 bits per heavy atom. The second-order valence-corrected chi connectivity index (χ2v) is 1.91. The average Bonchev–Trinajstić information content (AvgIpc) is 2.14. The minimum absolute atomic E-state index is 1.22. The van der Waals surface area contributed by atoms with Gasteiger partial charge in [-0.2, -0.15) is 0 Å². The van der Waals surface area contributed by atoms with E-state index in [1.807, 2.05) is 0 Å². The van der Waals surface area contributed by atoms with Gasteiger partial charge in [-0.1, -0.05) is 18.6 Å². The van der Waals surface area contributed by atoms with E-state index in [0.29, 0.717) is 0 Å². The van der Waals surface area contributed by atoms with Gasteiger partial charge in [0.25, 0.3) is 0 Å². The van der Waals surface area contributed by atoms with Crippen LogP contribution < -0.4 is 0 Å². The molecule has 0 saturated carbocycles. The Morgan fingerprint density at radius 2 is 2.43 bits per heavy atom. The summed E-state index contributed by atoms with van der Waals surface area (Å²) < 4.78 is 0. The fourth-order valence-corrected chi connectivity index (χ4v) is 0.909. The van der Waals surface area contributed by atoms with Crippen molar-refractivity contribution in [2.75, 3.05) is 0 Å². The van der Waals surface area contributed by atoms with Crippen molar-refractivity contribution in [1.29, 1.82) is 0 Å². The summed E-state index contributed by atoms with van der Waals surface area (Å²) >= 11 is 0. The Balaban J connectivity index is 2.36. The first-order valence-corrected chi connectivity index (χ1v) is 2.95. The van der Waals surface area contributed by atoms with Gasteiger partial charge in [-0.25, -0.2) is 0 Å². The molecule has 0 heteroatoms. The molecule has 0 aromatic carbocycles. The topological polar surface area (TPSA) is 0 Å². The predicted octanol–water partition coefficient (Wildman–Crippen LogP) is 2.32. The number of rotatable bonds is 1. The van der Waals surface area contributed by atoms with Crippen molar-refractivity contribution in [3.63, 3.8) is 0 Å². The SMILES string of the molecule is CCC1=CCC[CH]1. The zero-order valence-electron chi connectivity index (χ0n) is 4.78. The largest absolute Gasteiger partial charge is 0.0850 e. The molecule has 0 fully saturated rings. The molecule has 1 aliphatic carbocycles. The van der Waals surface area contributed by atoms with Crippen molar-refractivity contribution < 1.29 is 0 Å². The van der Waals surface area contributed by atoms with Gasteiger partial charge < -0.3 is 0 Å². The second-order valence-electron chi connectivity index (χ2n) is 1.91. The van der Waals surface area contributed by atoms with Crippen LogP contribution in [-0.2, 0) is 0 Å². The summed E-state index contributed by atoms with van der Waals surface area (Å²) in [6.07, 6.45) is 8.42. The maximum absolute atomic E-state index is 2.32. The Morgan fingerprint density at radius 3 is 2.71 bits per heavy atom. The molecule has 0 N–H and O–H groups in total. The molecule has 0 aromatic heterocycles. The quantitative estimate of drug-likeness (QED) is 0.469. The van der Waals surface area contributed by atoms with Crippen LogP contribution in [-0.4, -0.2) is 0 Å². The van der Waals surface area contributed by atoms with Crippen LogP contribution in [0.4, 0.5) is 0 Å².